The number of aryl methyl sites for hydroxylation is 1. The molecule has 1 aliphatic carbocycles. The number of hydrogen-bond acceptors (Lipinski definition) is 1. The summed E-state index contributed by atoms with van der Waals surface area (Å²) < 4.78 is 0. The van der Waals surface area contributed by atoms with Gasteiger partial charge >= 0.3 is 0 Å². The van der Waals surface area contributed by atoms with Crippen molar-refractivity contribution in [1.82, 2.24) is 0 Å². The summed E-state index contributed by atoms with van der Waals surface area (Å²) in [5.74, 6) is 0. The standard InChI is InChI=1S/C18H20ClN/c19-17-7-3-4-14(10-17)11-18(13-20)9-8-15-5-1-2-6-16(15)12-18/h1-7,10H,8-9,11-13,20H2. The molecule has 0 aromatic heterocycles. The van der Waals surface area contributed by atoms with E-state index < -0.39 is 0 Å². The van der Waals surface area contributed by atoms with Crippen molar-refractivity contribution in [3.8, 4) is 0 Å². The van der Waals surface area contributed by atoms with Gasteiger partial charge in [0.15, 0.2) is 0 Å². The fourth-order valence-electron chi connectivity index (χ4n) is 3.34. The molecular weight excluding hydrogens is 266 g/mol. The number of nitrogens with two attached hydrogens (primary N) is 1. The molecule has 1 nitrogen and oxygen atoms in total. The van der Waals surface area contributed by atoms with Crippen LogP contribution in [0.4, 0.5) is 0 Å². The van der Waals surface area contributed by atoms with Crippen LogP contribution in [0.5, 0.6) is 0 Å². The van der Waals surface area contributed by atoms with Crippen LogP contribution in [0.25, 0.3) is 0 Å². The highest BCUT2D eigenvalue weighted by Gasteiger charge is 2.33. The predicted molar refractivity (Wildman–Crippen MR) is 85.1 cm³/mol. The molecule has 1 aliphatic rings. The smallest absolute Gasteiger partial charge is 0.0408 e. The molecule has 2 aromatic rings. The predicted octanol–water partition coefficient (Wildman–Crippen LogP) is 4.02. The number of fused-ring (bicyclic) bond motifs is 1. The molecule has 0 bridgehead atoms. The lowest BCUT2D eigenvalue weighted by Crippen LogP contribution is -2.38. The molecule has 0 saturated carbocycles. The minimum atomic E-state index is 0.180. The second kappa shape index (κ2) is 5.59. The number of halogens is 1. The summed E-state index contributed by atoms with van der Waals surface area (Å²) in [5, 5.41) is 0.811. The van der Waals surface area contributed by atoms with Gasteiger partial charge in [-0.1, -0.05) is 48.0 Å². The molecule has 0 saturated heterocycles. The van der Waals surface area contributed by atoms with E-state index in [1.165, 1.54) is 16.7 Å². The van der Waals surface area contributed by atoms with Crippen LogP contribution >= 0.6 is 11.6 Å². The van der Waals surface area contributed by atoms with Crippen LogP contribution < -0.4 is 5.73 Å². The van der Waals surface area contributed by atoms with E-state index in [9.17, 15) is 0 Å². The number of rotatable bonds is 3. The first kappa shape index (κ1) is 13.7. The molecule has 0 radical (unpaired) electrons. The summed E-state index contributed by atoms with van der Waals surface area (Å²) in [4.78, 5) is 0. The average Bonchev–Trinajstić information content (AvgIpc) is 2.47. The van der Waals surface area contributed by atoms with Gasteiger partial charge in [-0.15, -0.1) is 0 Å². The fraction of sp³-hybridized carbons (Fsp3) is 0.333. The number of hydrogen-bond donors (Lipinski definition) is 1. The van der Waals surface area contributed by atoms with Crippen molar-refractivity contribution in [1.29, 1.82) is 0 Å². The summed E-state index contributed by atoms with van der Waals surface area (Å²) in [7, 11) is 0. The second-order valence-electron chi connectivity index (χ2n) is 5.96. The highest BCUT2D eigenvalue weighted by Crippen LogP contribution is 2.37. The zero-order valence-corrected chi connectivity index (χ0v) is 12.4. The maximum Gasteiger partial charge on any atom is 0.0408 e. The zero-order valence-electron chi connectivity index (χ0n) is 11.6. The third kappa shape index (κ3) is 2.74. The van der Waals surface area contributed by atoms with Gasteiger partial charge in [0.05, 0.1) is 0 Å². The Bertz CT molecular complexity index is 608. The van der Waals surface area contributed by atoms with E-state index in [0.717, 1.165) is 37.3 Å². The van der Waals surface area contributed by atoms with Gasteiger partial charge in [0, 0.05) is 5.02 Å². The SMILES string of the molecule is NCC1(Cc2cccc(Cl)c2)CCc2ccccc2C1. The molecule has 0 amide bonds. The van der Waals surface area contributed by atoms with E-state index in [4.69, 9.17) is 17.3 Å². The molecular formula is C18H20ClN. The van der Waals surface area contributed by atoms with E-state index in [0.29, 0.717) is 0 Å². The van der Waals surface area contributed by atoms with Gasteiger partial charge in [-0.3, -0.25) is 0 Å². The van der Waals surface area contributed by atoms with Crippen LogP contribution in [0.15, 0.2) is 48.5 Å². The molecule has 0 heterocycles. The minimum absolute atomic E-state index is 0.180. The van der Waals surface area contributed by atoms with Crippen molar-refractivity contribution in [2.24, 2.45) is 11.1 Å². The van der Waals surface area contributed by atoms with Gasteiger partial charge < -0.3 is 5.73 Å². The highest BCUT2D eigenvalue weighted by atomic mass is 35.5. The lowest BCUT2D eigenvalue weighted by molar-refractivity contribution is 0.254. The van der Waals surface area contributed by atoms with E-state index >= 15 is 0 Å². The molecule has 0 fully saturated rings. The lowest BCUT2D eigenvalue weighted by Gasteiger charge is -2.37. The van der Waals surface area contributed by atoms with Gasteiger partial charge in [0.25, 0.3) is 0 Å². The first-order valence-electron chi connectivity index (χ1n) is 7.22. The quantitative estimate of drug-likeness (QED) is 0.906. The first-order valence-corrected chi connectivity index (χ1v) is 7.60. The molecule has 20 heavy (non-hydrogen) atoms. The third-order valence-electron chi connectivity index (χ3n) is 4.51. The monoisotopic (exact) mass is 285 g/mol. The Kier molecular flexibility index (Phi) is 3.82. The van der Waals surface area contributed by atoms with Crippen molar-refractivity contribution in [3.63, 3.8) is 0 Å². The van der Waals surface area contributed by atoms with Crippen molar-refractivity contribution in [3.05, 3.63) is 70.2 Å². The van der Waals surface area contributed by atoms with Crippen LogP contribution in [0.3, 0.4) is 0 Å². The molecule has 1 atom stereocenters. The number of benzene rings is 2. The van der Waals surface area contributed by atoms with Crippen molar-refractivity contribution in [2.45, 2.75) is 25.7 Å². The van der Waals surface area contributed by atoms with Crippen LogP contribution in [-0.2, 0) is 19.3 Å². The third-order valence-corrected chi connectivity index (χ3v) is 4.74. The van der Waals surface area contributed by atoms with Gasteiger partial charge in [0.2, 0.25) is 0 Å². The van der Waals surface area contributed by atoms with Gasteiger partial charge in [-0.05, 0) is 66.5 Å². The lowest BCUT2D eigenvalue weighted by atomic mass is 9.68. The second-order valence-corrected chi connectivity index (χ2v) is 6.39. The van der Waals surface area contributed by atoms with Gasteiger partial charge in [0.1, 0.15) is 0 Å². The van der Waals surface area contributed by atoms with E-state index in [1.54, 1.807) is 0 Å². The van der Waals surface area contributed by atoms with Crippen LogP contribution in [0.2, 0.25) is 5.02 Å². The Labute approximate surface area is 125 Å². The molecule has 3 rings (SSSR count). The largest absolute Gasteiger partial charge is 0.330 e. The van der Waals surface area contributed by atoms with Crippen molar-refractivity contribution < 1.29 is 0 Å². The molecule has 2 heteroatoms. The Morgan fingerprint density at radius 3 is 2.60 bits per heavy atom. The molecule has 104 valence electrons. The van der Waals surface area contributed by atoms with E-state index in [1.807, 2.05) is 12.1 Å². The Balaban J connectivity index is 1.86. The summed E-state index contributed by atoms with van der Waals surface area (Å²) in [5.41, 5.74) is 10.6. The molecule has 0 spiro atoms. The Morgan fingerprint density at radius 2 is 1.85 bits per heavy atom. The average molecular weight is 286 g/mol. The maximum atomic E-state index is 6.15. The van der Waals surface area contributed by atoms with E-state index in [-0.39, 0.29) is 5.41 Å². The van der Waals surface area contributed by atoms with Crippen LogP contribution in [0.1, 0.15) is 23.1 Å². The van der Waals surface area contributed by atoms with Gasteiger partial charge in [-0.2, -0.15) is 0 Å². The summed E-state index contributed by atoms with van der Waals surface area (Å²) in [6, 6.07) is 16.9. The fourth-order valence-corrected chi connectivity index (χ4v) is 3.56. The van der Waals surface area contributed by atoms with E-state index in [2.05, 4.69) is 36.4 Å². The normalized spacial score (nSPS) is 21.5. The maximum absolute atomic E-state index is 6.15. The van der Waals surface area contributed by atoms with Crippen LogP contribution in [-0.4, -0.2) is 6.54 Å². The zero-order chi connectivity index (χ0) is 14.0. The Hall–Kier alpha value is -1.31. The van der Waals surface area contributed by atoms with Crippen molar-refractivity contribution in [2.75, 3.05) is 6.54 Å². The molecule has 1 unspecified atom stereocenters. The van der Waals surface area contributed by atoms with Crippen LogP contribution in [0, 0.1) is 5.41 Å². The highest BCUT2D eigenvalue weighted by molar-refractivity contribution is 6.30. The minimum Gasteiger partial charge on any atom is -0.330 e. The first-order chi connectivity index (χ1) is 9.71. The molecule has 2 aromatic carbocycles. The van der Waals surface area contributed by atoms with Gasteiger partial charge in [-0.25, -0.2) is 0 Å². The topological polar surface area (TPSA) is 26.0 Å². The van der Waals surface area contributed by atoms with Crippen molar-refractivity contribution >= 4 is 11.6 Å². The summed E-state index contributed by atoms with van der Waals surface area (Å²) in [6.07, 6.45) is 4.38. The summed E-state index contributed by atoms with van der Waals surface area (Å²) in [6.45, 7) is 0.730. The Morgan fingerprint density at radius 1 is 1.05 bits per heavy atom. The summed E-state index contributed by atoms with van der Waals surface area (Å²) >= 11 is 6.10. The molecule has 2 N–H and O–H groups in total. The molecule has 0 aliphatic heterocycles.